The van der Waals surface area contributed by atoms with E-state index in [1.54, 1.807) is 44.2 Å². The molecule has 0 saturated heterocycles. The fraction of sp³-hybridized carbons (Fsp3) is 0.250. The van der Waals surface area contributed by atoms with Crippen molar-refractivity contribution in [3.63, 3.8) is 0 Å². The molecular formula is C28H27ClN4O5S. The van der Waals surface area contributed by atoms with Crippen LogP contribution in [-0.4, -0.2) is 35.3 Å². The number of nitrogens with one attached hydrogen (secondary N) is 2. The molecular weight excluding hydrogens is 540 g/mol. The molecule has 0 saturated carbocycles. The normalized spacial score (nSPS) is 13.2. The Morgan fingerprint density at radius 2 is 1.82 bits per heavy atom. The van der Waals surface area contributed by atoms with Crippen molar-refractivity contribution < 1.29 is 23.9 Å². The van der Waals surface area contributed by atoms with E-state index in [2.05, 4.69) is 22.5 Å². The minimum absolute atomic E-state index is 0.0797. The van der Waals surface area contributed by atoms with E-state index in [1.165, 1.54) is 6.07 Å². The van der Waals surface area contributed by atoms with E-state index in [-0.39, 0.29) is 28.0 Å². The van der Waals surface area contributed by atoms with Gasteiger partial charge in [0.25, 0.3) is 17.7 Å². The van der Waals surface area contributed by atoms with Crippen LogP contribution in [0.3, 0.4) is 0 Å². The number of ether oxygens (including phenoxy) is 1. The first-order valence-corrected chi connectivity index (χ1v) is 13.6. The number of anilines is 3. The maximum atomic E-state index is 13.2. The first-order valence-electron chi connectivity index (χ1n) is 12.4. The van der Waals surface area contributed by atoms with Crippen LogP contribution in [0.4, 0.5) is 16.5 Å². The maximum Gasteiger partial charge on any atom is 0.350 e. The number of amides is 3. The van der Waals surface area contributed by atoms with E-state index in [0.29, 0.717) is 21.9 Å². The number of imide groups is 1. The molecule has 202 valence electrons. The molecule has 3 aromatic rings. The molecule has 0 aliphatic carbocycles. The Bertz CT molecular complexity index is 1460. The molecule has 0 unspecified atom stereocenters. The monoisotopic (exact) mass is 566 g/mol. The number of hydrogen-bond acceptors (Lipinski definition) is 8. The summed E-state index contributed by atoms with van der Waals surface area (Å²) in [6, 6.07) is 13.6. The number of thiazole rings is 1. The van der Waals surface area contributed by atoms with Crippen LogP contribution in [0, 0.1) is 6.92 Å². The van der Waals surface area contributed by atoms with Gasteiger partial charge in [-0.15, -0.1) is 0 Å². The summed E-state index contributed by atoms with van der Waals surface area (Å²) < 4.78 is 5.01. The van der Waals surface area contributed by atoms with Gasteiger partial charge in [-0.05, 0) is 62.6 Å². The van der Waals surface area contributed by atoms with Crippen LogP contribution in [0.1, 0.15) is 58.0 Å². The van der Waals surface area contributed by atoms with Crippen molar-refractivity contribution in [1.82, 2.24) is 4.98 Å². The summed E-state index contributed by atoms with van der Waals surface area (Å²) in [5, 5.41) is 5.57. The number of rotatable bonds is 10. The number of nitrogens with zero attached hydrogens (tertiary/aromatic N) is 2. The molecule has 2 aromatic carbocycles. The standard InChI is InChI=1S/C28H27ClN4O5S/c1-4-6-8-17-11-13-20(14-12-17)33-25(35)21(29)22(26(33)36)31-19-10-7-9-18(15-19)24(34)32-28-30-16(3)23(39-28)27(37)38-5-2/h7,9-15,31H,4-6,8H2,1-3H3,(H,30,32,34). The highest BCUT2D eigenvalue weighted by atomic mass is 35.5. The predicted octanol–water partition coefficient (Wildman–Crippen LogP) is 5.66. The number of carbonyl (C=O) groups is 4. The van der Waals surface area contributed by atoms with Gasteiger partial charge in [-0.25, -0.2) is 14.7 Å². The van der Waals surface area contributed by atoms with Gasteiger partial charge in [-0.1, -0.05) is 54.5 Å². The number of hydrogen-bond donors (Lipinski definition) is 2. The zero-order valence-electron chi connectivity index (χ0n) is 21.7. The lowest BCUT2D eigenvalue weighted by atomic mass is 10.1. The lowest BCUT2D eigenvalue weighted by molar-refractivity contribution is -0.120. The van der Waals surface area contributed by atoms with Crippen LogP contribution < -0.4 is 15.5 Å². The van der Waals surface area contributed by atoms with Gasteiger partial charge in [0.15, 0.2) is 5.13 Å². The number of carbonyl (C=O) groups excluding carboxylic acids is 4. The number of benzene rings is 2. The summed E-state index contributed by atoms with van der Waals surface area (Å²) in [4.78, 5) is 56.5. The first-order chi connectivity index (χ1) is 18.7. The van der Waals surface area contributed by atoms with E-state index in [4.69, 9.17) is 16.3 Å². The average Bonchev–Trinajstić information content (AvgIpc) is 3.39. The Hall–Kier alpha value is -4.02. The van der Waals surface area contributed by atoms with E-state index in [0.717, 1.165) is 41.1 Å². The van der Waals surface area contributed by atoms with Gasteiger partial charge in [-0.2, -0.15) is 0 Å². The molecule has 9 nitrogen and oxygen atoms in total. The summed E-state index contributed by atoms with van der Waals surface area (Å²) in [5.74, 6) is -2.19. The Morgan fingerprint density at radius 1 is 1.08 bits per heavy atom. The largest absolute Gasteiger partial charge is 0.462 e. The summed E-state index contributed by atoms with van der Waals surface area (Å²) in [6.07, 6.45) is 3.05. The van der Waals surface area contributed by atoms with Gasteiger partial charge in [0.05, 0.1) is 18.0 Å². The first kappa shape index (κ1) is 28.0. The lowest BCUT2D eigenvalue weighted by Crippen LogP contribution is -2.32. The van der Waals surface area contributed by atoms with Crippen LogP contribution >= 0.6 is 22.9 Å². The van der Waals surface area contributed by atoms with Crippen molar-refractivity contribution in [2.45, 2.75) is 40.0 Å². The van der Waals surface area contributed by atoms with Crippen LogP contribution in [0.15, 0.2) is 59.3 Å². The second-order valence-electron chi connectivity index (χ2n) is 8.72. The lowest BCUT2D eigenvalue weighted by Gasteiger charge is -2.16. The van der Waals surface area contributed by atoms with Gasteiger partial charge in [0.1, 0.15) is 15.6 Å². The zero-order valence-corrected chi connectivity index (χ0v) is 23.2. The third-order valence-corrected chi connectivity index (χ3v) is 7.32. The van der Waals surface area contributed by atoms with Crippen LogP contribution in [0.25, 0.3) is 0 Å². The van der Waals surface area contributed by atoms with Gasteiger partial charge in [-0.3, -0.25) is 19.7 Å². The Kier molecular flexibility index (Phi) is 8.78. The van der Waals surface area contributed by atoms with Crippen LogP contribution in [0.5, 0.6) is 0 Å². The molecule has 0 bridgehead atoms. The van der Waals surface area contributed by atoms with Gasteiger partial charge in [0, 0.05) is 11.3 Å². The Balaban J connectivity index is 1.47. The molecule has 4 rings (SSSR count). The smallest absolute Gasteiger partial charge is 0.350 e. The quantitative estimate of drug-likeness (QED) is 0.240. The molecule has 1 aliphatic rings. The third kappa shape index (κ3) is 6.18. The Labute approximate surface area is 234 Å². The fourth-order valence-corrected chi connectivity index (χ4v) is 4.99. The maximum absolute atomic E-state index is 13.2. The molecule has 2 heterocycles. The molecule has 39 heavy (non-hydrogen) atoms. The summed E-state index contributed by atoms with van der Waals surface area (Å²) in [6.45, 7) is 5.71. The number of aromatic nitrogens is 1. The highest BCUT2D eigenvalue weighted by Crippen LogP contribution is 2.31. The third-order valence-electron chi connectivity index (χ3n) is 5.91. The van der Waals surface area contributed by atoms with Gasteiger partial charge in [0.2, 0.25) is 0 Å². The van der Waals surface area contributed by atoms with Crippen LogP contribution in [-0.2, 0) is 20.7 Å². The molecule has 0 spiro atoms. The molecule has 3 amide bonds. The highest BCUT2D eigenvalue weighted by Gasteiger charge is 2.39. The van der Waals surface area contributed by atoms with E-state index < -0.39 is 23.7 Å². The van der Waals surface area contributed by atoms with Crippen LogP contribution in [0.2, 0.25) is 0 Å². The zero-order chi connectivity index (χ0) is 28.1. The summed E-state index contributed by atoms with van der Waals surface area (Å²) in [5.41, 5.74) is 2.57. The number of aryl methyl sites for hydroxylation is 2. The minimum Gasteiger partial charge on any atom is -0.462 e. The van der Waals surface area contributed by atoms with Gasteiger partial charge >= 0.3 is 5.97 Å². The molecule has 11 heteroatoms. The number of unbranched alkanes of at least 4 members (excludes halogenated alkanes) is 1. The molecule has 1 aliphatic heterocycles. The van der Waals surface area contributed by atoms with Crippen molar-refractivity contribution in [3.05, 3.63) is 81.0 Å². The molecule has 1 aromatic heterocycles. The topological polar surface area (TPSA) is 118 Å². The van der Waals surface area contributed by atoms with Crippen molar-refractivity contribution in [2.24, 2.45) is 0 Å². The number of esters is 1. The Morgan fingerprint density at radius 3 is 2.51 bits per heavy atom. The van der Waals surface area contributed by atoms with E-state index in [1.807, 2.05) is 12.1 Å². The van der Waals surface area contributed by atoms with Crippen molar-refractivity contribution in [3.8, 4) is 0 Å². The van der Waals surface area contributed by atoms with Crippen molar-refractivity contribution in [1.29, 1.82) is 0 Å². The van der Waals surface area contributed by atoms with Crippen molar-refractivity contribution in [2.75, 3.05) is 22.1 Å². The molecule has 2 N–H and O–H groups in total. The molecule has 0 fully saturated rings. The highest BCUT2D eigenvalue weighted by molar-refractivity contribution is 7.17. The summed E-state index contributed by atoms with van der Waals surface area (Å²) in [7, 11) is 0. The summed E-state index contributed by atoms with van der Waals surface area (Å²) >= 11 is 7.29. The second kappa shape index (κ2) is 12.2. The SMILES string of the molecule is CCCCc1ccc(N2C(=O)C(Cl)=C(Nc3cccc(C(=O)Nc4nc(C)c(C(=O)OCC)s4)c3)C2=O)cc1. The number of halogens is 1. The average molecular weight is 567 g/mol. The fourth-order valence-electron chi connectivity index (χ4n) is 3.93. The predicted molar refractivity (Wildman–Crippen MR) is 151 cm³/mol. The van der Waals surface area contributed by atoms with E-state index in [9.17, 15) is 19.2 Å². The van der Waals surface area contributed by atoms with Gasteiger partial charge < -0.3 is 10.1 Å². The second-order valence-corrected chi connectivity index (χ2v) is 10.1. The minimum atomic E-state index is -0.629. The molecule has 0 radical (unpaired) electrons. The van der Waals surface area contributed by atoms with E-state index >= 15 is 0 Å². The van der Waals surface area contributed by atoms with Crippen molar-refractivity contribution >= 4 is 63.1 Å². The molecule has 0 atom stereocenters.